The van der Waals surface area contributed by atoms with Crippen LogP contribution in [0.15, 0.2) is 41.3 Å². The molecule has 0 aliphatic carbocycles. The molecular formula is C25H30N4O5. The van der Waals surface area contributed by atoms with Crippen molar-refractivity contribution in [2.24, 2.45) is 0 Å². The predicted molar refractivity (Wildman–Crippen MR) is 127 cm³/mol. The van der Waals surface area contributed by atoms with Crippen molar-refractivity contribution in [2.45, 2.75) is 39.5 Å². The quantitative estimate of drug-likeness (QED) is 0.535. The summed E-state index contributed by atoms with van der Waals surface area (Å²) in [4.78, 5) is 27.8. The van der Waals surface area contributed by atoms with Crippen LogP contribution < -0.4 is 15.0 Å². The van der Waals surface area contributed by atoms with Crippen molar-refractivity contribution in [2.75, 3.05) is 27.3 Å². The molecule has 3 aromatic rings. The molecule has 2 aromatic heterocycles. The number of aromatic nitrogens is 3. The minimum absolute atomic E-state index is 0.175. The molecule has 1 N–H and O–H groups in total. The van der Waals surface area contributed by atoms with Gasteiger partial charge in [0.1, 0.15) is 17.1 Å². The van der Waals surface area contributed by atoms with Crippen molar-refractivity contribution >= 4 is 5.97 Å². The highest BCUT2D eigenvalue weighted by atomic mass is 16.5. The Bertz CT molecular complexity index is 1210. The highest BCUT2D eigenvalue weighted by Crippen LogP contribution is 2.27. The maximum atomic E-state index is 12.9. The minimum atomic E-state index is -0.496. The third-order valence-electron chi connectivity index (χ3n) is 5.93. The number of carbonyl (C=O) groups excluding carboxylic acids is 1. The van der Waals surface area contributed by atoms with E-state index in [-0.39, 0.29) is 17.4 Å². The van der Waals surface area contributed by atoms with Crippen LogP contribution in [0.4, 0.5) is 0 Å². The molecule has 1 aliphatic rings. The second-order valence-corrected chi connectivity index (χ2v) is 8.50. The lowest BCUT2D eigenvalue weighted by Gasteiger charge is -2.19. The third kappa shape index (κ3) is 4.84. The fourth-order valence-corrected chi connectivity index (χ4v) is 4.30. The van der Waals surface area contributed by atoms with Gasteiger partial charge < -0.3 is 18.8 Å². The number of nitrogens with one attached hydrogen (secondary N) is 1. The Labute approximate surface area is 198 Å². The fourth-order valence-electron chi connectivity index (χ4n) is 4.30. The Kier molecular flexibility index (Phi) is 7.02. The largest absolute Gasteiger partial charge is 0.497 e. The van der Waals surface area contributed by atoms with Gasteiger partial charge in [-0.2, -0.15) is 5.10 Å². The minimum Gasteiger partial charge on any atom is -0.497 e. The molecule has 0 saturated heterocycles. The van der Waals surface area contributed by atoms with Crippen molar-refractivity contribution < 1.29 is 19.0 Å². The Morgan fingerprint density at radius 1 is 1.15 bits per heavy atom. The molecule has 3 heterocycles. The molecule has 180 valence electrons. The number of esters is 1. The molecule has 0 fully saturated rings. The summed E-state index contributed by atoms with van der Waals surface area (Å²) in [5, 5.41) is 7.35. The molecular weight excluding hydrogens is 436 g/mol. The number of rotatable bonds is 7. The number of hydrogen-bond donors (Lipinski definition) is 1. The van der Waals surface area contributed by atoms with Gasteiger partial charge in [-0.1, -0.05) is 0 Å². The average Bonchev–Trinajstić information content (AvgIpc) is 3.18. The van der Waals surface area contributed by atoms with Crippen molar-refractivity contribution in [1.82, 2.24) is 19.7 Å². The molecule has 1 aliphatic heterocycles. The van der Waals surface area contributed by atoms with E-state index in [2.05, 4.69) is 15.1 Å². The van der Waals surface area contributed by atoms with E-state index < -0.39 is 5.97 Å². The normalized spacial score (nSPS) is 13.9. The second-order valence-electron chi connectivity index (χ2n) is 8.50. The summed E-state index contributed by atoms with van der Waals surface area (Å²) in [6.07, 6.45) is 2.17. The van der Waals surface area contributed by atoms with Crippen LogP contribution >= 0.6 is 0 Å². The van der Waals surface area contributed by atoms with E-state index in [1.165, 1.54) is 13.2 Å². The number of H-pyrrole nitrogens is 1. The molecule has 0 amide bonds. The van der Waals surface area contributed by atoms with E-state index in [1.807, 2.05) is 44.3 Å². The van der Waals surface area contributed by atoms with Gasteiger partial charge in [0.15, 0.2) is 0 Å². The molecule has 0 atom stereocenters. The first-order valence-electron chi connectivity index (χ1n) is 11.3. The summed E-state index contributed by atoms with van der Waals surface area (Å²) < 4.78 is 17.7. The first kappa shape index (κ1) is 23.6. The predicted octanol–water partition coefficient (Wildman–Crippen LogP) is 2.88. The molecule has 0 unspecified atom stereocenters. The van der Waals surface area contributed by atoms with Gasteiger partial charge in [0.25, 0.3) is 5.56 Å². The van der Waals surface area contributed by atoms with Gasteiger partial charge >= 0.3 is 5.97 Å². The maximum absolute atomic E-state index is 12.9. The summed E-state index contributed by atoms with van der Waals surface area (Å²) >= 11 is 0. The molecule has 34 heavy (non-hydrogen) atoms. The summed E-state index contributed by atoms with van der Waals surface area (Å²) in [7, 11) is 2.98. The summed E-state index contributed by atoms with van der Waals surface area (Å²) in [5.74, 6) is 0.579. The monoisotopic (exact) mass is 466 g/mol. The number of nitrogens with zero attached hydrogens (tertiary/aromatic N) is 3. The van der Waals surface area contributed by atoms with Crippen LogP contribution in [-0.4, -0.2) is 59.0 Å². The first-order chi connectivity index (χ1) is 16.4. The van der Waals surface area contributed by atoms with Crippen LogP contribution in [0.5, 0.6) is 11.5 Å². The van der Waals surface area contributed by atoms with Crippen molar-refractivity contribution in [1.29, 1.82) is 0 Å². The highest BCUT2D eigenvalue weighted by Gasteiger charge is 2.27. The van der Waals surface area contributed by atoms with Gasteiger partial charge in [-0.25, -0.2) is 4.79 Å². The topological polar surface area (TPSA) is 98.7 Å². The number of fused-ring (bicyclic) bond motifs is 1. The van der Waals surface area contributed by atoms with E-state index in [9.17, 15) is 9.59 Å². The number of aromatic amines is 1. The summed E-state index contributed by atoms with van der Waals surface area (Å²) in [6.45, 7) is 6.17. The molecule has 0 bridgehead atoms. The standard InChI is InChI=1S/C25H30N4O5/c1-16(2)34-21-13-22(30)29-12-11-28(10-9-20(29)23(21)25(31)33-4)15-18-14-26-27-24(18)17-5-7-19(32-3)8-6-17/h5-8,13-14,16H,9-12,15H2,1-4H3,(H,26,27). The van der Waals surface area contributed by atoms with Crippen molar-refractivity contribution in [3.63, 3.8) is 0 Å². The van der Waals surface area contributed by atoms with E-state index in [4.69, 9.17) is 14.2 Å². The molecule has 0 radical (unpaired) electrons. The van der Waals surface area contributed by atoms with Crippen LogP contribution in [0.3, 0.4) is 0 Å². The lowest BCUT2D eigenvalue weighted by atomic mass is 10.1. The lowest BCUT2D eigenvalue weighted by Crippen LogP contribution is -2.29. The zero-order valence-electron chi connectivity index (χ0n) is 20.0. The van der Waals surface area contributed by atoms with Crippen LogP contribution in [0, 0.1) is 0 Å². The Morgan fingerprint density at radius 3 is 2.59 bits per heavy atom. The van der Waals surface area contributed by atoms with Gasteiger partial charge in [-0.3, -0.25) is 14.8 Å². The first-order valence-corrected chi connectivity index (χ1v) is 11.3. The van der Waals surface area contributed by atoms with E-state index in [1.54, 1.807) is 11.7 Å². The van der Waals surface area contributed by atoms with Crippen LogP contribution in [0.25, 0.3) is 11.3 Å². The van der Waals surface area contributed by atoms with Gasteiger partial charge in [0.05, 0.1) is 32.2 Å². The van der Waals surface area contributed by atoms with E-state index in [0.717, 1.165) is 22.6 Å². The second kappa shape index (κ2) is 10.1. The smallest absolute Gasteiger partial charge is 0.343 e. The number of methoxy groups -OCH3 is 2. The molecule has 4 rings (SSSR count). The zero-order chi connectivity index (χ0) is 24.2. The summed E-state index contributed by atoms with van der Waals surface area (Å²) in [6, 6.07) is 9.21. The number of carbonyl (C=O) groups is 1. The van der Waals surface area contributed by atoms with Gasteiger partial charge in [-0.05, 0) is 38.1 Å². The molecule has 0 saturated carbocycles. The van der Waals surface area contributed by atoms with Crippen LogP contribution in [0.2, 0.25) is 0 Å². The SMILES string of the molecule is COC(=O)c1c(OC(C)C)cc(=O)n2c1CCN(Cc1cn[nH]c1-c1ccc(OC)cc1)CC2. The molecule has 9 heteroatoms. The van der Waals surface area contributed by atoms with Crippen LogP contribution in [0.1, 0.15) is 35.5 Å². The van der Waals surface area contributed by atoms with Gasteiger partial charge in [0, 0.05) is 55.5 Å². The highest BCUT2D eigenvalue weighted by molar-refractivity contribution is 5.93. The molecule has 1 aromatic carbocycles. The van der Waals surface area contributed by atoms with E-state index in [0.29, 0.717) is 43.9 Å². The number of hydrogen-bond acceptors (Lipinski definition) is 7. The zero-order valence-corrected chi connectivity index (χ0v) is 20.0. The fraction of sp³-hybridized carbons (Fsp3) is 0.400. The number of ether oxygens (including phenoxy) is 3. The van der Waals surface area contributed by atoms with Crippen molar-refractivity contribution in [3.8, 4) is 22.8 Å². The number of pyridine rings is 1. The van der Waals surface area contributed by atoms with E-state index >= 15 is 0 Å². The Morgan fingerprint density at radius 2 is 1.91 bits per heavy atom. The average molecular weight is 467 g/mol. The molecule has 9 nitrogen and oxygen atoms in total. The number of benzene rings is 1. The third-order valence-corrected chi connectivity index (χ3v) is 5.93. The summed E-state index contributed by atoms with van der Waals surface area (Å²) in [5.41, 5.74) is 3.83. The van der Waals surface area contributed by atoms with Gasteiger partial charge in [-0.15, -0.1) is 0 Å². The molecule has 0 spiro atoms. The maximum Gasteiger partial charge on any atom is 0.343 e. The Balaban J connectivity index is 1.59. The van der Waals surface area contributed by atoms with Crippen LogP contribution in [-0.2, 0) is 24.2 Å². The van der Waals surface area contributed by atoms with Gasteiger partial charge in [0.2, 0.25) is 0 Å². The van der Waals surface area contributed by atoms with Crippen molar-refractivity contribution in [3.05, 3.63) is 63.7 Å². The lowest BCUT2D eigenvalue weighted by molar-refractivity contribution is 0.0591. The Hall–Kier alpha value is -3.59.